The number of hydrogen-bond donors (Lipinski definition) is 2. The van der Waals surface area contributed by atoms with Gasteiger partial charge in [-0.05, 0) is 55.2 Å². The molecular weight excluding hydrogens is 416 g/mol. The molecule has 0 bridgehead atoms. The van der Waals surface area contributed by atoms with E-state index in [0.29, 0.717) is 36.4 Å². The second-order valence-electron chi connectivity index (χ2n) is 8.91. The average Bonchev–Trinajstić information content (AvgIpc) is 3.29. The van der Waals surface area contributed by atoms with Crippen molar-refractivity contribution in [2.24, 2.45) is 0 Å². The first kappa shape index (κ1) is 21.7. The summed E-state index contributed by atoms with van der Waals surface area (Å²) >= 11 is 0. The van der Waals surface area contributed by atoms with E-state index in [-0.39, 0.29) is 5.75 Å². The van der Waals surface area contributed by atoms with E-state index in [1.165, 1.54) is 19.3 Å². The summed E-state index contributed by atoms with van der Waals surface area (Å²) in [5, 5.41) is 31.5. The lowest BCUT2D eigenvalue weighted by molar-refractivity contribution is 0.201. The summed E-state index contributed by atoms with van der Waals surface area (Å²) in [4.78, 5) is 2.29. The standard InChI is InChI=1S/C25H30N6O2/c1-33-12-10-20-13-18(15-26-28-20)17-5-6-22(24(32)14-17)23-7-8-25(30-29-23)31-11-9-21(16-31)27-19-3-2-4-19/h5-8,13-15,19,21,27,32H,2-4,9-12,16H2,1H3. The first-order valence-corrected chi connectivity index (χ1v) is 11.7. The zero-order valence-electron chi connectivity index (χ0n) is 18.9. The molecule has 3 aromatic rings. The Morgan fingerprint density at radius 3 is 2.67 bits per heavy atom. The van der Waals surface area contributed by atoms with E-state index >= 15 is 0 Å². The van der Waals surface area contributed by atoms with E-state index in [0.717, 1.165) is 42.1 Å². The lowest BCUT2D eigenvalue weighted by Gasteiger charge is -2.29. The molecule has 2 aromatic heterocycles. The molecule has 1 unspecified atom stereocenters. The van der Waals surface area contributed by atoms with Gasteiger partial charge in [0.25, 0.3) is 0 Å². The molecule has 33 heavy (non-hydrogen) atoms. The molecule has 1 aromatic carbocycles. The van der Waals surface area contributed by atoms with Crippen LogP contribution in [0.15, 0.2) is 42.6 Å². The predicted molar refractivity (Wildman–Crippen MR) is 127 cm³/mol. The van der Waals surface area contributed by atoms with Gasteiger partial charge in [0.1, 0.15) is 5.75 Å². The molecule has 0 radical (unpaired) electrons. The first-order chi connectivity index (χ1) is 16.2. The summed E-state index contributed by atoms with van der Waals surface area (Å²) in [5.74, 6) is 1.05. The van der Waals surface area contributed by atoms with E-state index in [1.54, 1.807) is 19.4 Å². The van der Waals surface area contributed by atoms with Crippen LogP contribution >= 0.6 is 0 Å². The number of methoxy groups -OCH3 is 1. The Labute approximate surface area is 194 Å². The molecular formula is C25H30N6O2. The Bertz CT molecular complexity index is 1090. The molecule has 8 heteroatoms. The second-order valence-corrected chi connectivity index (χ2v) is 8.91. The highest BCUT2D eigenvalue weighted by atomic mass is 16.5. The third-order valence-electron chi connectivity index (χ3n) is 6.61. The Morgan fingerprint density at radius 2 is 1.94 bits per heavy atom. The number of phenolic OH excluding ortho intramolecular Hbond substituents is 1. The van der Waals surface area contributed by atoms with Gasteiger partial charge in [0, 0.05) is 49.8 Å². The minimum atomic E-state index is 0.163. The number of anilines is 1. The Hall–Kier alpha value is -3.10. The number of aromatic nitrogens is 4. The summed E-state index contributed by atoms with van der Waals surface area (Å²) in [6, 6.07) is 12.7. The van der Waals surface area contributed by atoms with Crippen LogP contribution in [-0.4, -0.2) is 64.4 Å². The van der Waals surface area contributed by atoms with Crippen molar-refractivity contribution in [3.63, 3.8) is 0 Å². The zero-order chi connectivity index (χ0) is 22.6. The van der Waals surface area contributed by atoms with Crippen molar-refractivity contribution in [3.05, 3.63) is 48.3 Å². The van der Waals surface area contributed by atoms with Gasteiger partial charge in [-0.2, -0.15) is 10.2 Å². The van der Waals surface area contributed by atoms with E-state index in [4.69, 9.17) is 4.74 Å². The van der Waals surface area contributed by atoms with Crippen LogP contribution in [0, 0.1) is 0 Å². The minimum absolute atomic E-state index is 0.163. The fourth-order valence-corrected chi connectivity index (χ4v) is 4.48. The van der Waals surface area contributed by atoms with Crippen molar-refractivity contribution in [2.75, 3.05) is 31.7 Å². The SMILES string of the molecule is COCCc1cc(-c2ccc(-c3ccc(N4CCC(NC5CCC5)C4)nn3)c(O)c2)cnn1. The number of ether oxygens (including phenoxy) is 1. The van der Waals surface area contributed by atoms with E-state index in [2.05, 4.69) is 30.6 Å². The largest absolute Gasteiger partial charge is 0.507 e. The fraction of sp³-hybridized carbons (Fsp3) is 0.440. The van der Waals surface area contributed by atoms with Gasteiger partial charge in [-0.25, -0.2) is 0 Å². The van der Waals surface area contributed by atoms with Crippen LogP contribution < -0.4 is 10.2 Å². The summed E-state index contributed by atoms with van der Waals surface area (Å²) < 4.78 is 5.12. The van der Waals surface area contributed by atoms with Crippen molar-refractivity contribution in [1.82, 2.24) is 25.7 Å². The Balaban J connectivity index is 1.27. The Morgan fingerprint density at radius 1 is 1.03 bits per heavy atom. The predicted octanol–water partition coefficient (Wildman–Crippen LogP) is 3.22. The average molecular weight is 447 g/mol. The maximum Gasteiger partial charge on any atom is 0.151 e. The first-order valence-electron chi connectivity index (χ1n) is 11.7. The number of nitrogens with zero attached hydrogens (tertiary/aromatic N) is 5. The van der Waals surface area contributed by atoms with Crippen LogP contribution in [-0.2, 0) is 11.2 Å². The number of rotatable bonds is 8. The monoisotopic (exact) mass is 446 g/mol. The van der Waals surface area contributed by atoms with Gasteiger partial charge in [-0.1, -0.05) is 12.5 Å². The van der Waals surface area contributed by atoms with Crippen molar-refractivity contribution in [3.8, 4) is 28.1 Å². The Kier molecular flexibility index (Phi) is 6.46. The molecule has 1 atom stereocenters. The normalized spacial score (nSPS) is 18.5. The van der Waals surface area contributed by atoms with Crippen LogP contribution in [0.2, 0.25) is 0 Å². The van der Waals surface area contributed by atoms with E-state index < -0.39 is 0 Å². The molecule has 3 heterocycles. The minimum Gasteiger partial charge on any atom is -0.507 e. The molecule has 0 spiro atoms. The highest BCUT2D eigenvalue weighted by molar-refractivity contribution is 5.74. The number of benzene rings is 1. The van der Waals surface area contributed by atoms with Crippen molar-refractivity contribution >= 4 is 5.82 Å². The van der Waals surface area contributed by atoms with Gasteiger partial charge in [-0.15, -0.1) is 10.2 Å². The van der Waals surface area contributed by atoms with Crippen molar-refractivity contribution in [2.45, 2.75) is 44.2 Å². The van der Waals surface area contributed by atoms with E-state index in [9.17, 15) is 5.11 Å². The van der Waals surface area contributed by atoms with E-state index in [1.807, 2.05) is 30.3 Å². The number of phenols is 1. The van der Waals surface area contributed by atoms with Gasteiger partial charge in [-0.3, -0.25) is 0 Å². The summed E-state index contributed by atoms with van der Waals surface area (Å²) in [5.41, 5.74) is 3.94. The van der Waals surface area contributed by atoms with Crippen LogP contribution in [0.5, 0.6) is 5.75 Å². The summed E-state index contributed by atoms with van der Waals surface area (Å²) in [7, 11) is 1.67. The lowest BCUT2D eigenvalue weighted by atomic mass is 9.92. The van der Waals surface area contributed by atoms with Gasteiger partial charge >= 0.3 is 0 Å². The molecule has 0 amide bonds. The topological polar surface area (TPSA) is 96.3 Å². The highest BCUT2D eigenvalue weighted by Gasteiger charge is 2.27. The van der Waals surface area contributed by atoms with Gasteiger partial charge in [0.05, 0.1) is 24.2 Å². The lowest BCUT2D eigenvalue weighted by Crippen LogP contribution is -2.43. The van der Waals surface area contributed by atoms with Gasteiger partial charge < -0.3 is 20.1 Å². The van der Waals surface area contributed by atoms with Gasteiger partial charge in [0.15, 0.2) is 5.82 Å². The fourth-order valence-electron chi connectivity index (χ4n) is 4.48. The summed E-state index contributed by atoms with van der Waals surface area (Å²) in [6.07, 6.45) is 7.49. The summed E-state index contributed by atoms with van der Waals surface area (Å²) in [6.45, 7) is 2.55. The molecule has 1 saturated carbocycles. The van der Waals surface area contributed by atoms with Crippen LogP contribution in [0.1, 0.15) is 31.4 Å². The maximum absolute atomic E-state index is 10.7. The van der Waals surface area contributed by atoms with Crippen LogP contribution in [0.3, 0.4) is 0 Å². The van der Waals surface area contributed by atoms with Crippen LogP contribution in [0.4, 0.5) is 5.82 Å². The van der Waals surface area contributed by atoms with Gasteiger partial charge in [0.2, 0.25) is 0 Å². The highest BCUT2D eigenvalue weighted by Crippen LogP contribution is 2.33. The molecule has 172 valence electrons. The quantitative estimate of drug-likeness (QED) is 0.545. The number of nitrogens with one attached hydrogen (secondary N) is 1. The molecule has 1 saturated heterocycles. The third kappa shape index (κ3) is 4.96. The van der Waals surface area contributed by atoms with Crippen LogP contribution in [0.25, 0.3) is 22.4 Å². The smallest absolute Gasteiger partial charge is 0.151 e. The molecule has 2 N–H and O–H groups in total. The maximum atomic E-state index is 10.7. The molecule has 2 aliphatic rings. The molecule has 2 fully saturated rings. The molecule has 5 rings (SSSR count). The van der Waals surface area contributed by atoms with Crippen molar-refractivity contribution in [1.29, 1.82) is 0 Å². The zero-order valence-corrected chi connectivity index (χ0v) is 18.9. The molecule has 1 aliphatic carbocycles. The second kappa shape index (κ2) is 9.80. The number of aromatic hydroxyl groups is 1. The molecule has 8 nitrogen and oxygen atoms in total. The number of hydrogen-bond acceptors (Lipinski definition) is 8. The third-order valence-corrected chi connectivity index (χ3v) is 6.61. The van der Waals surface area contributed by atoms with Crippen molar-refractivity contribution < 1.29 is 9.84 Å². The molecule has 1 aliphatic heterocycles.